The van der Waals surface area contributed by atoms with E-state index in [1.54, 1.807) is 4.88 Å². The number of thiophene rings is 1. The van der Waals surface area contributed by atoms with Crippen LogP contribution in [-0.4, -0.2) is 31.1 Å². The highest BCUT2D eigenvalue weighted by atomic mass is 32.1. The zero-order chi connectivity index (χ0) is 12.8. The zero-order valence-electron chi connectivity index (χ0n) is 11.7. The topological polar surface area (TPSA) is 15.3 Å². The van der Waals surface area contributed by atoms with Gasteiger partial charge in [0.25, 0.3) is 0 Å². The first kappa shape index (κ1) is 14.0. The Morgan fingerprint density at radius 2 is 2.22 bits per heavy atom. The molecule has 2 nitrogen and oxygen atoms in total. The summed E-state index contributed by atoms with van der Waals surface area (Å²) in [4.78, 5) is 5.71. The average molecular weight is 266 g/mol. The molecule has 2 heterocycles. The summed E-state index contributed by atoms with van der Waals surface area (Å²) >= 11 is 1.98. The highest BCUT2D eigenvalue weighted by Crippen LogP contribution is 2.31. The molecule has 0 aromatic carbocycles. The summed E-state index contributed by atoms with van der Waals surface area (Å²) in [7, 11) is 0. The minimum absolute atomic E-state index is 0.656. The van der Waals surface area contributed by atoms with Gasteiger partial charge >= 0.3 is 0 Å². The van der Waals surface area contributed by atoms with Gasteiger partial charge in [0.1, 0.15) is 0 Å². The van der Waals surface area contributed by atoms with Crippen LogP contribution in [0.1, 0.15) is 48.4 Å². The molecule has 2 rings (SSSR count). The first-order chi connectivity index (χ1) is 8.81. The van der Waals surface area contributed by atoms with Crippen LogP contribution in [0.3, 0.4) is 0 Å². The Bertz CT molecular complexity index is 340. The van der Waals surface area contributed by atoms with Crippen LogP contribution in [0.15, 0.2) is 12.1 Å². The fourth-order valence-corrected chi connectivity index (χ4v) is 3.76. The highest BCUT2D eigenvalue weighted by Gasteiger charge is 2.21. The van der Waals surface area contributed by atoms with Crippen LogP contribution in [0.5, 0.6) is 0 Å². The van der Waals surface area contributed by atoms with E-state index < -0.39 is 0 Å². The van der Waals surface area contributed by atoms with Gasteiger partial charge in [-0.05, 0) is 38.4 Å². The van der Waals surface area contributed by atoms with Crippen LogP contribution in [0, 0.1) is 6.92 Å². The van der Waals surface area contributed by atoms with E-state index in [-0.39, 0.29) is 0 Å². The van der Waals surface area contributed by atoms with Crippen molar-refractivity contribution >= 4 is 11.3 Å². The Morgan fingerprint density at radius 3 is 2.94 bits per heavy atom. The smallest absolute Gasteiger partial charge is 0.0442 e. The fraction of sp³-hybridized carbons (Fsp3) is 0.733. The number of hydrogen-bond acceptors (Lipinski definition) is 3. The Hall–Kier alpha value is -0.380. The summed E-state index contributed by atoms with van der Waals surface area (Å²) in [6.45, 7) is 9.28. The monoisotopic (exact) mass is 266 g/mol. The molecule has 0 bridgehead atoms. The third-order valence-corrected chi connectivity index (χ3v) is 4.84. The minimum Gasteiger partial charge on any atom is -0.315 e. The first-order valence-electron chi connectivity index (χ1n) is 7.32. The average Bonchev–Trinajstić information content (AvgIpc) is 2.65. The van der Waals surface area contributed by atoms with E-state index in [0.717, 1.165) is 6.54 Å². The lowest BCUT2D eigenvalue weighted by Gasteiger charge is -2.29. The molecule has 1 aliphatic heterocycles. The summed E-state index contributed by atoms with van der Waals surface area (Å²) in [5.74, 6) is 0. The van der Waals surface area contributed by atoms with Crippen LogP contribution in [0.25, 0.3) is 0 Å². The molecule has 18 heavy (non-hydrogen) atoms. The molecule has 1 atom stereocenters. The number of unbranched alkanes of at least 4 members (excludes halogenated alkanes) is 1. The normalized spacial score (nSPS) is 19.7. The summed E-state index contributed by atoms with van der Waals surface area (Å²) in [5, 5.41) is 3.51. The summed E-state index contributed by atoms with van der Waals surface area (Å²) < 4.78 is 0. The lowest BCUT2D eigenvalue weighted by molar-refractivity contribution is 0.200. The molecule has 0 spiro atoms. The molecular formula is C15H26N2S. The Morgan fingerprint density at radius 1 is 1.33 bits per heavy atom. The van der Waals surface area contributed by atoms with Crippen molar-refractivity contribution in [1.29, 1.82) is 0 Å². The molecule has 1 aromatic rings. The number of nitrogens with one attached hydrogen (secondary N) is 1. The van der Waals surface area contributed by atoms with Crippen LogP contribution in [0.2, 0.25) is 0 Å². The largest absolute Gasteiger partial charge is 0.315 e. The maximum absolute atomic E-state index is 3.51. The predicted octanol–water partition coefficient (Wildman–Crippen LogP) is 3.58. The van der Waals surface area contributed by atoms with Gasteiger partial charge < -0.3 is 5.32 Å². The Kier molecular flexibility index (Phi) is 5.67. The number of rotatable bonds is 5. The van der Waals surface area contributed by atoms with Crippen LogP contribution in [-0.2, 0) is 0 Å². The van der Waals surface area contributed by atoms with Crippen molar-refractivity contribution in [1.82, 2.24) is 10.2 Å². The van der Waals surface area contributed by atoms with Crippen LogP contribution >= 0.6 is 11.3 Å². The van der Waals surface area contributed by atoms with Gasteiger partial charge in [0.15, 0.2) is 0 Å². The van der Waals surface area contributed by atoms with Crippen molar-refractivity contribution in [3.8, 4) is 0 Å². The van der Waals surface area contributed by atoms with E-state index in [9.17, 15) is 0 Å². The Labute approximate surface area is 115 Å². The van der Waals surface area contributed by atoms with E-state index in [4.69, 9.17) is 0 Å². The van der Waals surface area contributed by atoms with Gasteiger partial charge in [0.2, 0.25) is 0 Å². The van der Waals surface area contributed by atoms with E-state index in [1.807, 2.05) is 11.3 Å². The van der Waals surface area contributed by atoms with Gasteiger partial charge in [-0.25, -0.2) is 0 Å². The molecule has 0 radical (unpaired) electrons. The lowest BCUT2D eigenvalue weighted by Crippen LogP contribution is -2.32. The van der Waals surface area contributed by atoms with Crippen molar-refractivity contribution < 1.29 is 0 Å². The molecule has 0 amide bonds. The first-order valence-corrected chi connectivity index (χ1v) is 8.14. The van der Waals surface area contributed by atoms with Gasteiger partial charge in [0.05, 0.1) is 0 Å². The number of hydrogen-bond donors (Lipinski definition) is 1. The zero-order valence-corrected chi connectivity index (χ0v) is 12.6. The molecule has 1 aromatic heterocycles. The lowest BCUT2D eigenvalue weighted by atomic mass is 10.1. The SMILES string of the molecule is CCCCC(c1ccc(C)s1)N1CCCNCC1. The molecule has 1 aliphatic rings. The molecule has 0 saturated carbocycles. The minimum atomic E-state index is 0.656. The van der Waals surface area contributed by atoms with Gasteiger partial charge in [-0.2, -0.15) is 0 Å². The second-order valence-electron chi connectivity index (χ2n) is 5.25. The number of aryl methyl sites for hydroxylation is 1. The van der Waals surface area contributed by atoms with E-state index in [2.05, 4.69) is 36.2 Å². The van der Waals surface area contributed by atoms with Crippen LogP contribution < -0.4 is 5.32 Å². The van der Waals surface area contributed by atoms with Crippen molar-refractivity contribution in [3.05, 3.63) is 21.9 Å². The van der Waals surface area contributed by atoms with Gasteiger partial charge in [-0.1, -0.05) is 19.8 Å². The molecule has 102 valence electrons. The van der Waals surface area contributed by atoms with Gasteiger partial charge in [0, 0.05) is 35.4 Å². The third-order valence-electron chi connectivity index (χ3n) is 3.74. The summed E-state index contributed by atoms with van der Waals surface area (Å²) in [6.07, 6.45) is 5.24. The number of nitrogens with zero attached hydrogens (tertiary/aromatic N) is 1. The van der Waals surface area contributed by atoms with Crippen molar-refractivity contribution in [2.24, 2.45) is 0 Å². The van der Waals surface area contributed by atoms with E-state index in [1.165, 1.54) is 50.2 Å². The molecule has 1 unspecified atom stereocenters. The molecule has 3 heteroatoms. The van der Waals surface area contributed by atoms with Gasteiger partial charge in [-0.15, -0.1) is 11.3 Å². The standard InChI is InChI=1S/C15H26N2S/c1-3-4-6-14(15-8-7-13(2)18-15)17-11-5-9-16-10-12-17/h7-8,14,16H,3-6,9-12H2,1-2H3. The van der Waals surface area contributed by atoms with Crippen molar-refractivity contribution in [2.45, 2.75) is 45.6 Å². The van der Waals surface area contributed by atoms with Crippen molar-refractivity contribution in [3.63, 3.8) is 0 Å². The maximum atomic E-state index is 3.51. The molecular weight excluding hydrogens is 240 g/mol. The summed E-state index contributed by atoms with van der Waals surface area (Å²) in [5.41, 5.74) is 0. The van der Waals surface area contributed by atoms with Crippen molar-refractivity contribution in [2.75, 3.05) is 26.2 Å². The highest BCUT2D eigenvalue weighted by molar-refractivity contribution is 7.12. The summed E-state index contributed by atoms with van der Waals surface area (Å²) in [6, 6.07) is 5.27. The Balaban J connectivity index is 2.07. The molecule has 1 fully saturated rings. The maximum Gasteiger partial charge on any atom is 0.0442 e. The molecule has 0 aliphatic carbocycles. The van der Waals surface area contributed by atoms with E-state index >= 15 is 0 Å². The third kappa shape index (κ3) is 3.81. The van der Waals surface area contributed by atoms with E-state index in [0.29, 0.717) is 6.04 Å². The quantitative estimate of drug-likeness (QED) is 0.876. The predicted molar refractivity (Wildman–Crippen MR) is 80.4 cm³/mol. The second kappa shape index (κ2) is 7.27. The molecule has 1 N–H and O–H groups in total. The van der Waals surface area contributed by atoms with Crippen LogP contribution in [0.4, 0.5) is 0 Å². The van der Waals surface area contributed by atoms with Gasteiger partial charge in [-0.3, -0.25) is 4.90 Å². The fourth-order valence-electron chi connectivity index (χ4n) is 2.71. The second-order valence-corrected chi connectivity index (χ2v) is 6.57. The molecule has 1 saturated heterocycles.